The van der Waals surface area contributed by atoms with Gasteiger partial charge in [-0.15, -0.1) is 12.6 Å². The maximum absolute atomic E-state index is 9.67. The number of nitrogens with zero attached hydrogens (tertiary/aromatic N) is 3. The van der Waals surface area contributed by atoms with Crippen LogP contribution in [0.1, 0.15) is 31.3 Å². The average Bonchev–Trinajstić information content (AvgIpc) is 2.78. The van der Waals surface area contributed by atoms with E-state index in [9.17, 15) is 5.53 Å². The lowest BCUT2D eigenvalue weighted by molar-refractivity contribution is -0.321. The van der Waals surface area contributed by atoms with Gasteiger partial charge < -0.3 is 18.9 Å². The molecule has 2 unspecified atom stereocenters. The summed E-state index contributed by atoms with van der Waals surface area (Å²) >= 11 is 17.2. The topological polar surface area (TPSA) is 85.7 Å². The molecule has 0 saturated carbocycles. The third-order valence-electron chi connectivity index (χ3n) is 5.54. The zero-order chi connectivity index (χ0) is 22.9. The van der Waals surface area contributed by atoms with Crippen molar-refractivity contribution in [3.05, 3.63) is 80.1 Å². The summed E-state index contributed by atoms with van der Waals surface area (Å²) < 4.78 is 24.7. The maximum atomic E-state index is 9.67. The van der Waals surface area contributed by atoms with E-state index < -0.39 is 35.6 Å². The lowest BCUT2D eigenvalue weighted by Crippen LogP contribution is -2.66. The first-order chi connectivity index (χ1) is 15.4. The Kier molecular flexibility index (Phi) is 7.24. The van der Waals surface area contributed by atoms with E-state index in [0.717, 1.165) is 5.56 Å². The molecule has 2 heterocycles. The van der Waals surface area contributed by atoms with Gasteiger partial charge in [-0.3, -0.25) is 0 Å². The van der Waals surface area contributed by atoms with Crippen molar-refractivity contribution in [2.24, 2.45) is 5.11 Å². The first-order valence-electron chi connectivity index (χ1n) is 10.2. The molecular weight excluding hydrogens is 473 g/mol. The molecule has 2 aliphatic heterocycles. The zero-order valence-corrected chi connectivity index (χ0v) is 19.9. The van der Waals surface area contributed by atoms with Crippen molar-refractivity contribution >= 4 is 35.8 Å². The molecule has 10 heteroatoms. The van der Waals surface area contributed by atoms with E-state index in [2.05, 4.69) is 22.7 Å². The van der Waals surface area contributed by atoms with Crippen LogP contribution in [0.4, 0.5) is 0 Å². The van der Waals surface area contributed by atoms with Crippen molar-refractivity contribution in [3.8, 4) is 0 Å². The highest BCUT2D eigenvalue weighted by Gasteiger charge is 2.60. The number of halogens is 2. The van der Waals surface area contributed by atoms with Gasteiger partial charge in [-0.1, -0.05) is 64.7 Å². The normalized spacial score (nSPS) is 32.2. The molecular formula is C22H23Cl2N3O4S. The van der Waals surface area contributed by atoms with E-state index in [1.54, 1.807) is 18.2 Å². The largest absolute Gasteiger partial charge is 0.371 e. The molecule has 2 saturated heterocycles. The molecule has 4 rings (SSSR count). The second-order valence-electron chi connectivity index (χ2n) is 7.95. The van der Waals surface area contributed by atoms with Crippen LogP contribution in [0.25, 0.3) is 10.4 Å². The zero-order valence-electron chi connectivity index (χ0n) is 17.5. The van der Waals surface area contributed by atoms with Gasteiger partial charge in [0.05, 0.1) is 22.8 Å². The molecule has 2 aliphatic rings. The Morgan fingerprint density at radius 2 is 1.91 bits per heavy atom. The van der Waals surface area contributed by atoms with Gasteiger partial charge in [-0.2, -0.15) is 0 Å². The van der Waals surface area contributed by atoms with Crippen molar-refractivity contribution in [2.45, 2.75) is 55.5 Å². The molecule has 0 aromatic heterocycles. The Labute approximate surface area is 201 Å². The second-order valence-corrected chi connectivity index (χ2v) is 9.27. The molecule has 6 atom stereocenters. The van der Waals surface area contributed by atoms with Crippen LogP contribution in [0.15, 0.2) is 53.6 Å². The van der Waals surface area contributed by atoms with Crippen molar-refractivity contribution in [1.29, 1.82) is 0 Å². The molecule has 2 fully saturated rings. The number of benzene rings is 2. The fraction of sp³-hybridized carbons (Fsp3) is 0.455. The van der Waals surface area contributed by atoms with Crippen LogP contribution in [-0.2, 0) is 24.5 Å². The first kappa shape index (κ1) is 23.7. The lowest BCUT2D eigenvalue weighted by Gasteiger charge is -2.54. The number of hydrogen-bond donors (Lipinski definition) is 1. The molecule has 2 aromatic carbocycles. The lowest BCUT2D eigenvalue weighted by atomic mass is 9.75. The quantitative estimate of drug-likeness (QED) is 0.236. The van der Waals surface area contributed by atoms with Crippen molar-refractivity contribution in [3.63, 3.8) is 0 Å². The van der Waals surface area contributed by atoms with Gasteiger partial charge in [0.25, 0.3) is 0 Å². The number of hydrogen-bond acceptors (Lipinski definition) is 6. The van der Waals surface area contributed by atoms with Crippen LogP contribution < -0.4 is 0 Å². The van der Waals surface area contributed by atoms with E-state index in [4.69, 9.17) is 42.1 Å². The van der Waals surface area contributed by atoms with Crippen molar-refractivity contribution in [2.75, 3.05) is 6.61 Å². The highest BCUT2D eigenvalue weighted by molar-refractivity contribution is 7.80. The molecule has 0 radical (unpaired) electrons. The monoisotopic (exact) mass is 495 g/mol. The Bertz CT molecular complexity index is 1010. The van der Waals surface area contributed by atoms with Crippen molar-refractivity contribution in [1.82, 2.24) is 0 Å². The van der Waals surface area contributed by atoms with E-state index in [-0.39, 0.29) is 12.7 Å². The van der Waals surface area contributed by atoms with E-state index >= 15 is 0 Å². The number of rotatable bonds is 5. The van der Waals surface area contributed by atoms with Crippen LogP contribution in [0, 0.1) is 0 Å². The predicted octanol–water partition coefficient (Wildman–Crippen LogP) is 6.06. The summed E-state index contributed by atoms with van der Waals surface area (Å²) in [6.07, 6.45) is -2.93. The van der Waals surface area contributed by atoms with Gasteiger partial charge in [0.1, 0.15) is 29.3 Å². The minimum Gasteiger partial charge on any atom is -0.371 e. The summed E-state index contributed by atoms with van der Waals surface area (Å²) in [5.41, 5.74) is 9.06. The van der Waals surface area contributed by atoms with Gasteiger partial charge in [0.2, 0.25) is 0 Å². The van der Waals surface area contributed by atoms with Gasteiger partial charge in [0, 0.05) is 10.5 Å². The molecule has 32 heavy (non-hydrogen) atoms. The summed E-state index contributed by atoms with van der Waals surface area (Å²) in [5.74, 6) is 0. The maximum Gasteiger partial charge on any atom is 0.184 e. The smallest absolute Gasteiger partial charge is 0.184 e. The third-order valence-corrected chi connectivity index (χ3v) is 6.67. The average molecular weight is 496 g/mol. The van der Waals surface area contributed by atoms with E-state index in [1.807, 2.05) is 44.2 Å². The molecule has 7 nitrogen and oxygen atoms in total. The van der Waals surface area contributed by atoms with E-state index in [1.165, 1.54) is 0 Å². The summed E-state index contributed by atoms with van der Waals surface area (Å²) in [4.78, 5) is 3.20. The highest BCUT2D eigenvalue weighted by Crippen LogP contribution is 2.50. The fourth-order valence-corrected chi connectivity index (χ4v) is 4.98. The standard InChI is InChI=1S/C22H23Cl2N3O4S/c1-12(2)29-19-21(32)30-17-11-28-20(13-6-4-3-5-7-13)31-18(17)22(19,26-27-25)14-8-9-15(23)16(24)10-14/h3-10,12,17-21,32H,11H2,1-2H3/t17-,18+,19+,20?,21-,22?/m1/s1. The molecule has 2 aromatic rings. The summed E-state index contributed by atoms with van der Waals surface area (Å²) in [6, 6.07) is 14.6. The molecule has 0 amide bonds. The van der Waals surface area contributed by atoms with Crippen LogP contribution >= 0.6 is 35.8 Å². The van der Waals surface area contributed by atoms with Crippen LogP contribution in [0.2, 0.25) is 10.0 Å². The Morgan fingerprint density at radius 3 is 2.56 bits per heavy atom. The Balaban J connectivity index is 1.87. The van der Waals surface area contributed by atoms with Crippen LogP contribution in [0.3, 0.4) is 0 Å². The fourth-order valence-electron chi connectivity index (χ4n) is 4.23. The molecule has 170 valence electrons. The third kappa shape index (κ3) is 4.34. The summed E-state index contributed by atoms with van der Waals surface area (Å²) in [6.45, 7) is 4.00. The molecule has 0 spiro atoms. The Hall–Kier alpha value is -1.48. The van der Waals surface area contributed by atoms with Gasteiger partial charge in [0.15, 0.2) is 6.29 Å². The highest BCUT2D eigenvalue weighted by atomic mass is 35.5. The number of azide groups is 1. The minimum absolute atomic E-state index is 0.199. The van der Waals surface area contributed by atoms with Gasteiger partial charge in [-0.25, -0.2) is 0 Å². The Morgan fingerprint density at radius 1 is 1.16 bits per heavy atom. The molecule has 0 N–H and O–H groups in total. The number of fused-ring (bicyclic) bond motifs is 1. The van der Waals surface area contributed by atoms with E-state index in [0.29, 0.717) is 15.6 Å². The van der Waals surface area contributed by atoms with Crippen LogP contribution in [0.5, 0.6) is 0 Å². The first-order valence-corrected chi connectivity index (χ1v) is 11.5. The molecule has 0 bridgehead atoms. The summed E-state index contributed by atoms with van der Waals surface area (Å²) in [7, 11) is 0. The van der Waals surface area contributed by atoms with Crippen molar-refractivity contribution < 1.29 is 18.9 Å². The minimum atomic E-state index is -1.33. The molecule has 0 aliphatic carbocycles. The second kappa shape index (κ2) is 9.79. The SMILES string of the molecule is CC(C)O[C@H]1[C@@H](S)O[C@@H]2COC(c3ccccc3)O[C@@H]2C1(N=[N+]=[N-])c1ccc(Cl)c(Cl)c1. The predicted molar refractivity (Wildman–Crippen MR) is 125 cm³/mol. The van der Waals surface area contributed by atoms with Gasteiger partial charge >= 0.3 is 0 Å². The number of thiol groups is 1. The van der Waals surface area contributed by atoms with Gasteiger partial charge in [-0.05, 0) is 37.1 Å². The summed E-state index contributed by atoms with van der Waals surface area (Å²) in [5, 5.41) is 5.01. The van der Waals surface area contributed by atoms with Crippen LogP contribution in [-0.4, -0.2) is 36.5 Å². The number of ether oxygens (including phenoxy) is 4.